The lowest BCUT2D eigenvalue weighted by Gasteiger charge is -2.10. The van der Waals surface area contributed by atoms with Crippen molar-refractivity contribution in [3.63, 3.8) is 0 Å². The molecule has 0 bridgehead atoms. The lowest BCUT2D eigenvalue weighted by atomic mass is 10.0. The molecule has 0 saturated carbocycles. The second-order valence-electron chi connectivity index (χ2n) is 7.51. The molecule has 4 rings (SSSR count). The average molecular weight is 460 g/mol. The summed E-state index contributed by atoms with van der Waals surface area (Å²) < 4.78 is 17.2. The van der Waals surface area contributed by atoms with Crippen LogP contribution >= 0.6 is 7.60 Å². The number of hydrogen-bond acceptors (Lipinski definition) is 4. The molecule has 4 aromatic rings. The van der Waals surface area contributed by atoms with Gasteiger partial charge in [0.2, 0.25) is 0 Å². The lowest BCUT2D eigenvalue weighted by Crippen LogP contribution is -2.01. The number of rotatable bonds is 7. The largest absolute Gasteiger partial charge is 0.508 e. The second kappa shape index (κ2) is 9.43. The topological polar surface area (TPSA) is 104 Å². The van der Waals surface area contributed by atoms with Crippen molar-refractivity contribution in [2.24, 2.45) is 0 Å². The van der Waals surface area contributed by atoms with E-state index in [2.05, 4.69) is 0 Å². The fraction of sp³-hybridized carbons (Fsp3) is 0.0385. The maximum atomic E-state index is 11.9. The van der Waals surface area contributed by atoms with Crippen LogP contribution in [0.5, 0.6) is 17.2 Å². The van der Waals surface area contributed by atoms with Crippen LogP contribution in [0.2, 0.25) is 0 Å². The van der Waals surface area contributed by atoms with Crippen molar-refractivity contribution in [3.05, 3.63) is 114 Å². The monoisotopic (exact) mass is 460 g/mol. The van der Waals surface area contributed by atoms with Gasteiger partial charge in [0, 0.05) is 12.0 Å². The van der Waals surface area contributed by atoms with E-state index in [-0.39, 0.29) is 17.7 Å². The number of hydrogen-bond donors (Lipinski definition) is 3. The molecule has 33 heavy (non-hydrogen) atoms. The van der Waals surface area contributed by atoms with Crippen LogP contribution < -0.4 is 4.74 Å². The molecule has 0 aliphatic heterocycles. The quantitative estimate of drug-likeness (QED) is 0.303. The third kappa shape index (κ3) is 5.57. The van der Waals surface area contributed by atoms with Gasteiger partial charge in [-0.15, -0.1) is 0 Å². The van der Waals surface area contributed by atoms with Crippen LogP contribution in [0.3, 0.4) is 0 Å². The predicted octanol–water partition coefficient (Wildman–Crippen LogP) is 5.76. The maximum Gasteiger partial charge on any atom is 0.396 e. The molecule has 0 aliphatic rings. The highest BCUT2D eigenvalue weighted by Crippen LogP contribution is 2.40. The van der Waals surface area contributed by atoms with E-state index >= 15 is 0 Å². The number of phenols is 1. The molecule has 0 heterocycles. The zero-order valence-corrected chi connectivity index (χ0v) is 18.4. The third-order valence-corrected chi connectivity index (χ3v) is 5.87. The molecule has 0 fully saturated rings. The number of carbonyl (C=O) groups excluding carboxylic acids is 1. The van der Waals surface area contributed by atoms with Gasteiger partial charge >= 0.3 is 7.60 Å². The molecule has 0 spiro atoms. The van der Waals surface area contributed by atoms with Crippen LogP contribution in [-0.4, -0.2) is 20.4 Å². The molecule has 0 amide bonds. The summed E-state index contributed by atoms with van der Waals surface area (Å²) in [5, 5.41) is 10.1. The van der Waals surface area contributed by atoms with Gasteiger partial charge in [-0.25, -0.2) is 0 Å². The van der Waals surface area contributed by atoms with Gasteiger partial charge < -0.3 is 19.6 Å². The van der Waals surface area contributed by atoms with Crippen molar-refractivity contribution in [1.29, 1.82) is 0 Å². The highest BCUT2D eigenvalue weighted by molar-refractivity contribution is 7.70. The number of carbonyl (C=O) groups is 1. The van der Waals surface area contributed by atoms with Gasteiger partial charge in [0.25, 0.3) is 5.52 Å². The molecule has 0 atom stereocenters. The molecular formula is C26H21O6P. The summed E-state index contributed by atoms with van der Waals surface area (Å²) in [6.07, 6.45) is 0.276. The normalized spacial score (nSPS) is 11.2. The molecule has 3 N–H and O–H groups in total. The van der Waals surface area contributed by atoms with Gasteiger partial charge in [-0.3, -0.25) is 9.36 Å². The summed E-state index contributed by atoms with van der Waals surface area (Å²) in [5.74, 6) is 1.28. The molecule has 166 valence electrons. The highest BCUT2D eigenvalue weighted by Gasteiger charge is 2.27. The first kappa shape index (κ1) is 22.5. The smallest absolute Gasteiger partial charge is 0.396 e. The predicted molar refractivity (Wildman–Crippen MR) is 126 cm³/mol. The van der Waals surface area contributed by atoms with Gasteiger partial charge in [-0.05, 0) is 64.7 Å². The molecule has 0 saturated heterocycles. The minimum atomic E-state index is -4.90. The molecular weight excluding hydrogens is 439 g/mol. The van der Waals surface area contributed by atoms with Crippen LogP contribution in [0.1, 0.15) is 21.5 Å². The van der Waals surface area contributed by atoms with E-state index in [9.17, 15) is 14.5 Å². The summed E-state index contributed by atoms with van der Waals surface area (Å²) in [4.78, 5) is 30.1. The van der Waals surface area contributed by atoms with E-state index in [1.165, 1.54) is 18.2 Å². The van der Waals surface area contributed by atoms with Crippen LogP contribution in [-0.2, 0) is 11.0 Å². The Kier molecular flexibility index (Phi) is 6.43. The van der Waals surface area contributed by atoms with Crippen LogP contribution in [0, 0.1) is 0 Å². The SMILES string of the molecule is O=C(c1ccc(O)c(Cc2ccc(Oc3cccc(-c4ccccc4)c3)cc2)c1)P(=O)(O)O. The van der Waals surface area contributed by atoms with Gasteiger partial charge in [0.05, 0.1) is 0 Å². The number of aromatic hydroxyl groups is 1. The van der Waals surface area contributed by atoms with Gasteiger partial charge in [-0.1, -0.05) is 54.6 Å². The van der Waals surface area contributed by atoms with Gasteiger partial charge in [0.1, 0.15) is 17.2 Å². The zero-order valence-electron chi connectivity index (χ0n) is 17.5. The molecule has 0 radical (unpaired) electrons. The Morgan fingerprint density at radius 2 is 1.45 bits per heavy atom. The van der Waals surface area contributed by atoms with Crippen molar-refractivity contribution in [2.45, 2.75) is 6.42 Å². The van der Waals surface area contributed by atoms with Crippen LogP contribution in [0.4, 0.5) is 0 Å². The Hall–Kier alpha value is -3.70. The van der Waals surface area contributed by atoms with Crippen molar-refractivity contribution >= 4 is 13.1 Å². The van der Waals surface area contributed by atoms with E-state index in [1.54, 1.807) is 12.1 Å². The van der Waals surface area contributed by atoms with Gasteiger partial charge in [0.15, 0.2) is 0 Å². The van der Waals surface area contributed by atoms with Crippen LogP contribution in [0.25, 0.3) is 11.1 Å². The molecule has 0 aromatic heterocycles. The highest BCUT2D eigenvalue weighted by atomic mass is 31.2. The van der Waals surface area contributed by atoms with Crippen LogP contribution in [0.15, 0.2) is 97.1 Å². The Morgan fingerprint density at radius 3 is 2.15 bits per heavy atom. The summed E-state index contributed by atoms with van der Waals surface area (Å²) >= 11 is 0. The van der Waals surface area contributed by atoms with E-state index in [4.69, 9.17) is 14.5 Å². The minimum absolute atomic E-state index is 0.0599. The Bertz CT molecular complexity index is 1330. The Labute approximate surface area is 190 Å². The first-order chi connectivity index (χ1) is 15.8. The molecule has 4 aromatic carbocycles. The van der Waals surface area contributed by atoms with E-state index in [0.717, 1.165) is 16.7 Å². The minimum Gasteiger partial charge on any atom is -0.508 e. The Morgan fingerprint density at radius 1 is 0.758 bits per heavy atom. The second-order valence-corrected chi connectivity index (χ2v) is 9.00. The molecule has 6 nitrogen and oxygen atoms in total. The van der Waals surface area contributed by atoms with Crippen molar-refractivity contribution in [2.75, 3.05) is 0 Å². The first-order valence-electron chi connectivity index (χ1n) is 10.1. The fourth-order valence-corrected chi connectivity index (χ4v) is 3.90. The number of benzene rings is 4. The van der Waals surface area contributed by atoms with E-state index < -0.39 is 13.1 Å². The van der Waals surface area contributed by atoms with E-state index in [0.29, 0.717) is 17.1 Å². The first-order valence-corrected chi connectivity index (χ1v) is 11.8. The lowest BCUT2D eigenvalue weighted by molar-refractivity contribution is 0.104. The zero-order chi connectivity index (χ0) is 23.4. The van der Waals surface area contributed by atoms with Crippen molar-refractivity contribution in [1.82, 2.24) is 0 Å². The summed E-state index contributed by atoms with van der Waals surface area (Å²) in [5.41, 5.74) is 1.94. The molecule has 0 aliphatic carbocycles. The fourth-order valence-electron chi connectivity index (χ4n) is 3.43. The summed E-state index contributed by atoms with van der Waals surface area (Å²) in [6, 6.07) is 28.8. The average Bonchev–Trinajstić information content (AvgIpc) is 2.81. The third-order valence-electron chi connectivity index (χ3n) is 5.09. The maximum absolute atomic E-state index is 11.9. The van der Waals surface area contributed by atoms with Crippen molar-refractivity contribution < 1.29 is 29.0 Å². The van der Waals surface area contributed by atoms with Gasteiger partial charge in [-0.2, -0.15) is 0 Å². The van der Waals surface area contributed by atoms with Crippen molar-refractivity contribution in [3.8, 4) is 28.4 Å². The summed E-state index contributed by atoms with van der Waals surface area (Å²) in [6.45, 7) is 0. The number of phenolic OH excluding ortho intramolecular Hbond substituents is 1. The summed E-state index contributed by atoms with van der Waals surface area (Å²) in [7, 11) is -4.90. The standard InChI is InChI=1S/C26H21O6P/c27-25-14-11-21(26(28)33(29,30)31)16-22(25)15-18-9-12-23(13-10-18)32-24-8-4-7-20(17-24)19-5-2-1-3-6-19/h1-14,16-17,27H,15H2,(H2,29,30,31). The molecule has 7 heteroatoms. The number of ether oxygens (including phenoxy) is 1. The molecule has 0 unspecified atom stereocenters. The van der Waals surface area contributed by atoms with E-state index in [1.807, 2.05) is 66.7 Å². The Balaban J connectivity index is 1.49.